The maximum absolute atomic E-state index is 11.8. The topological polar surface area (TPSA) is 41.1 Å². The Morgan fingerprint density at radius 2 is 2.41 bits per heavy atom. The lowest BCUT2D eigenvalue weighted by Gasteiger charge is -2.10. The lowest BCUT2D eigenvalue weighted by atomic mass is 10.1. The van der Waals surface area contributed by atoms with Crippen LogP contribution in [0.3, 0.4) is 0 Å². The van der Waals surface area contributed by atoms with Gasteiger partial charge in [-0.15, -0.1) is 0 Å². The fourth-order valence-electron chi connectivity index (χ4n) is 2.25. The van der Waals surface area contributed by atoms with E-state index >= 15 is 0 Å². The second-order valence-corrected chi connectivity index (χ2v) is 4.71. The Kier molecular flexibility index (Phi) is 4.15. The van der Waals surface area contributed by atoms with Crippen molar-refractivity contribution in [2.75, 3.05) is 13.1 Å². The number of benzene rings is 1. The molecule has 1 saturated heterocycles. The quantitative estimate of drug-likeness (QED) is 0.832. The summed E-state index contributed by atoms with van der Waals surface area (Å²) in [5.74, 6) is 0.0340. The molecule has 2 rings (SSSR count). The highest BCUT2D eigenvalue weighted by Crippen LogP contribution is 2.08. The van der Waals surface area contributed by atoms with Crippen molar-refractivity contribution >= 4 is 5.91 Å². The minimum Gasteiger partial charge on any atom is -0.352 e. The number of hydrogen-bond acceptors (Lipinski definition) is 2. The van der Waals surface area contributed by atoms with Gasteiger partial charge < -0.3 is 10.6 Å². The third-order valence-electron chi connectivity index (χ3n) is 3.22. The molecule has 0 aromatic heterocycles. The number of hydrogen-bond donors (Lipinski definition) is 2. The molecule has 0 aliphatic carbocycles. The van der Waals surface area contributed by atoms with E-state index in [0.717, 1.165) is 30.6 Å². The SMILES string of the molecule is Cc1cccc(C(=O)NCCC2CCCN2)c1. The van der Waals surface area contributed by atoms with Gasteiger partial charge in [0.15, 0.2) is 0 Å². The Labute approximate surface area is 103 Å². The zero-order chi connectivity index (χ0) is 12.1. The van der Waals surface area contributed by atoms with Crippen LogP contribution in [-0.4, -0.2) is 25.0 Å². The Morgan fingerprint density at radius 3 is 3.12 bits per heavy atom. The largest absolute Gasteiger partial charge is 0.352 e. The molecule has 1 aromatic carbocycles. The summed E-state index contributed by atoms with van der Waals surface area (Å²) in [5.41, 5.74) is 1.87. The molecular formula is C14H20N2O. The van der Waals surface area contributed by atoms with Crippen LogP contribution >= 0.6 is 0 Å². The lowest BCUT2D eigenvalue weighted by Crippen LogP contribution is -2.30. The van der Waals surface area contributed by atoms with Crippen molar-refractivity contribution in [1.29, 1.82) is 0 Å². The molecule has 2 N–H and O–H groups in total. The van der Waals surface area contributed by atoms with E-state index in [-0.39, 0.29) is 5.91 Å². The molecule has 1 aliphatic rings. The molecule has 3 heteroatoms. The predicted octanol–water partition coefficient (Wildman–Crippen LogP) is 1.87. The van der Waals surface area contributed by atoms with Crippen molar-refractivity contribution in [2.24, 2.45) is 0 Å². The van der Waals surface area contributed by atoms with Crippen LogP contribution in [0.1, 0.15) is 35.2 Å². The first-order valence-electron chi connectivity index (χ1n) is 6.34. The summed E-state index contributed by atoms with van der Waals surface area (Å²) in [5, 5.41) is 6.40. The summed E-state index contributed by atoms with van der Waals surface area (Å²) in [6.45, 7) is 3.88. The standard InChI is InChI=1S/C14H20N2O/c1-11-4-2-5-12(10-11)14(17)16-9-7-13-6-3-8-15-13/h2,4-5,10,13,15H,3,6-9H2,1H3,(H,16,17). The minimum atomic E-state index is 0.0340. The molecule has 17 heavy (non-hydrogen) atoms. The molecule has 1 fully saturated rings. The van der Waals surface area contributed by atoms with Gasteiger partial charge in [0.2, 0.25) is 0 Å². The van der Waals surface area contributed by atoms with E-state index in [1.807, 2.05) is 31.2 Å². The first kappa shape index (κ1) is 12.1. The summed E-state index contributed by atoms with van der Waals surface area (Å²) in [7, 11) is 0. The van der Waals surface area contributed by atoms with Crippen molar-refractivity contribution in [3.63, 3.8) is 0 Å². The number of carbonyl (C=O) groups excluding carboxylic acids is 1. The highest BCUT2D eigenvalue weighted by atomic mass is 16.1. The minimum absolute atomic E-state index is 0.0340. The van der Waals surface area contributed by atoms with Gasteiger partial charge in [0.1, 0.15) is 0 Å². The molecule has 1 atom stereocenters. The average Bonchev–Trinajstić information content (AvgIpc) is 2.82. The van der Waals surface area contributed by atoms with Crippen LogP contribution in [0.15, 0.2) is 24.3 Å². The van der Waals surface area contributed by atoms with Gasteiger partial charge in [-0.05, 0) is 44.9 Å². The molecule has 0 spiro atoms. The number of carbonyl (C=O) groups is 1. The monoisotopic (exact) mass is 232 g/mol. The second kappa shape index (κ2) is 5.82. The number of rotatable bonds is 4. The molecule has 1 heterocycles. The van der Waals surface area contributed by atoms with E-state index in [1.54, 1.807) is 0 Å². The van der Waals surface area contributed by atoms with Gasteiger partial charge in [0.05, 0.1) is 0 Å². The summed E-state index contributed by atoms with van der Waals surface area (Å²) >= 11 is 0. The molecule has 1 amide bonds. The smallest absolute Gasteiger partial charge is 0.251 e. The van der Waals surface area contributed by atoms with Crippen LogP contribution < -0.4 is 10.6 Å². The van der Waals surface area contributed by atoms with E-state index < -0.39 is 0 Å². The molecule has 1 unspecified atom stereocenters. The van der Waals surface area contributed by atoms with E-state index in [1.165, 1.54) is 12.8 Å². The maximum Gasteiger partial charge on any atom is 0.251 e. The van der Waals surface area contributed by atoms with Gasteiger partial charge in [-0.25, -0.2) is 0 Å². The molecule has 92 valence electrons. The third-order valence-corrected chi connectivity index (χ3v) is 3.22. The highest BCUT2D eigenvalue weighted by molar-refractivity contribution is 5.94. The average molecular weight is 232 g/mol. The van der Waals surface area contributed by atoms with Gasteiger partial charge in [-0.1, -0.05) is 17.7 Å². The summed E-state index contributed by atoms with van der Waals surface area (Å²) in [4.78, 5) is 11.8. The lowest BCUT2D eigenvalue weighted by molar-refractivity contribution is 0.0952. The molecular weight excluding hydrogens is 212 g/mol. The summed E-state index contributed by atoms with van der Waals surface area (Å²) < 4.78 is 0. The zero-order valence-electron chi connectivity index (χ0n) is 10.3. The Bertz CT molecular complexity index is 384. The zero-order valence-corrected chi connectivity index (χ0v) is 10.3. The van der Waals surface area contributed by atoms with Crippen LogP contribution in [0.25, 0.3) is 0 Å². The van der Waals surface area contributed by atoms with Crippen LogP contribution in [0.2, 0.25) is 0 Å². The van der Waals surface area contributed by atoms with Crippen LogP contribution in [0.5, 0.6) is 0 Å². The van der Waals surface area contributed by atoms with E-state index in [0.29, 0.717) is 6.04 Å². The van der Waals surface area contributed by atoms with Gasteiger partial charge in [-0.3, -0.25) is 4.79 Å². The third kappa shape index (κ3) is 3.56. The van der Waals surface area contributed by atoms with Gasteiger partial charge >= 0.3 is 0 Å². The fourth-order valence-corrected chi connectivity index (χ4v) is 2.25. The second-order valence-electron chi connectivity index (χ2n) is 4.71. The Balaban J connectivity index is 1.77. The first-order valence-corrected chi connectivity index (χ1v) is 6.34. The van der Waals surface area contributed by atoms with Crippen molar-refractivity contribution in [3.8, 4) is 0 Å². The molecule has 0 radical (unpaired) electrons. The molecule has 0 saturated carbocycles. The van der Waals surface area contributed by atoms with Crippen molar-refractivity contribution in [3.05, 3.63) is 35.4 Å². The normalized spacial score (nSPS) is 19.2. The van der Waals surface area contributed by atoms with Crippen molar-refractivity contribution < 1.29 is 4.79 Å². The molecule has 0 bridgehead atoms. The van der Waals surface area contributed by atoms with Crippen LogP contribution in [-0.2, 0) is 0 Å². The number of nitrogens with one attached hydrogen (secondary N) is 2. The van der Waals surface area contributed by atoms with E-state index in [4.69, 9.17) is 0 Å². The summed E-state index contributed by atoms with van der Waals surface area (Å²) in [6.07, 6.45) is 3.52. The number of amides is 1. The molecule has 3 nitrogen and oxygen atoms in total. The van der Waals surface area contributed by atoms with Crippen LogP contribution in [0, 0.1) is 6.92 Å². The maximum atomic E-state index is 11.8. The number of aryl methyl sites for hydroxylation is 1. The van der Waals surface area contributed by atoms with E-state index in [9.17, 15) is 4.79 Å². The Hall–Kier alpha value is -1.35. The summed E-state index contributed by atoms with van der Waals surface area (Å²) in [6, 6.07) is 8.29. The molecule has 1 aliphatic heterocycles. The van der Waals surface area contributed by atoms with Gasteiger partial charge in [0.25, 0.3) is 5.91 Å². The van der Waals surface area contributed by atoms with E-state index in [2.05, 4.69) is 10.6 Å². The van der Waals surface area contributed by atoms with Crippen molar-refractivity contribution in [1.82, 2.24) is 10.6 Å². The van der Waals surface area contributed by atoms with Crippen LogP contribution in [0.4, 0.5) is 0 Å². The fraction of sp³-hybridized carbons (Fsp3) is 0.500. The predicted molar refractivity (Wildman–Crippen MR) is 69.2 cm³/mol. The highest BCUT2D eigenvalue weighted by Gasteiger charge is 2.13. The first-order chi connectivity index (χ1) is 8.25. The Morgan fingerprint density at radius 1 is 1.53 bits per heavy atom. The van der Waals surface area contributed by atoms with Crippen molar-refractivity contribution in [2.45, 2.75) is 32.2 Å². The van der Waals surface area contributed by atoms with Gasteiger partial charge in [-0.2, -0.15) is 0 Å². The molecule has 1 aromatic rings. The van der Waals surface area contributed by atoms with Gasteiger partial charge in [0, 0.05) is 18.2 Å².